The normalized spacial score (nSPS) is 17.5. The number of rotatable bonds is 5. The average molecular weight is 543 g/mol. The number of carbonyl (C=O) groups is 1. The zero-order chi connectivity index (χ0) is 25.5. The maximum atomic E-state index is 13.3. The Balaban J connectivity index is 0.00000294. The van der Waals surface area contributed by atoms with Crippen LogP contribution in [0.15, 0.2) is 53.6 Å². The first-order chi connectivity index (χ1) is 18.0. The van der Waals surface area contributed by atoms with Gasteiger partial charge in [0.1, 0.15) is 18.1 Å². The lowest BCUT2D eigenvalue weighted by atomic mass is 10.1. The van der Waals surface area contributed by atoms with Crippen molar-refractivity contribution in [1.29, 1.82) is 0 Å². The van der Waals surface area contributed by atoms with Crippen molar-refractivity contribution in [2.45, 2.75) is 12.6 Å². The SMILES string of the molecule is Cl.O=C1OCCN1c1cc(N2CCOCC2O)cn2c(=O)cc(-c3ncc(Cc4ccc(F)cc4)[nH]3)nc12. The van der Waals surface area contributed by atoms with E-state index in [0.717, 1.165) is 11.3 Å². The predicted molar refractivity (Wildman–Crippen MR) is 138 cm³/mol. The number of nitrogens with one attached hydrogen (secondary N) is 1. The number of aliphatic hydroxyl groups is 1. The van der Waals surface area contributed by atoms with Crippen LogP contribution in [0.5, 0.6) is 0 Å². The van der Waals surface area contributed by atoms with E-state index in [9.17, 15) is 19.1 Å². The van der Waals surface area contributed by atoms with E-state index >= 15 is 0 Å². The van der Waals surface area contributed by atoms with Crippen molar-refractivity contribution in [3.05, 3.63) is 76.2 Å². The third-order valence-electron chi connectivity index (χ3n) is 6.39. The van der Waals surface area contributed by atoms with Crippen LogP contribution in [0.25, 0.3) is 17.2 Å². The van der Waals surface area contributed by atoms with E-state index in [0.29, 0.717) is 49.0 Å². The highest BCUT2D eigenvalue weighted by molar-refractivity contribution is 5.94. The highest BCUT2D eigenvalue weighted by atomic mass is 35.5. The van der Waals surface area contributed by atoms with Gasteiger partial charge in [-0.3, -0.25) is 14.1 Å². The zero-order valence-electron chi connectivity index (χ0n) is 20.0. The molecule has 1 unspecified atom stereocenters. The summed E-state index contributed by atoms with van der Waals surface area (Å²) in [5.41, 5.74) is 2.78. The van der Waals surface area contributed by atoms with E-state index in [2.05, 4.69) is 15.0 Å². The number of halogens is 2. The van der Waals surface area contributed by atoms with Gasteiger partial charge in [-0.05, 0) is 23.8 Å². The molecule has 3 aromatic heterocycles. The number of hydrogen-bond donors (Lipinski definition) is 2. The number of pyridine rings is 1. The van der Waals surface area contributed by atoms with E-state index in [1.165, 1.54) is 27.5 Å². The molecule has 198 valence electrons. The number of imidazole rings is 1. The molecule has 2 fully saturated rings. The molecule has 2 saturated heterocycles. The van der Waals surface area contributed by atoms with Crippen molar-refractivity contribution in [1.82, 2.24) is 19.4 Å². The molecular formula is C25H24ClFN6O5. The Morgan fingerprint density at radius 1 is 1.13 bits per heavy atom. The van der Waals surface area contributed by atoms with Crippen molar-refractivity contribution >= 4 is 35.5 Å². The van der Waals surface area contributed by atoms with Crippen molar-refractivity contribution < 1.29 is 23.8 Å². The van der Waals surface area contributed by atoms with Gasteiger partial charge < -0.3 is 24.5 Å². The quantitative estimate of drug-likeness (QED) is 0.394. The number of anilines is 2. The third kappa shape index (κ3) is 4.80. The number of amides is 1. The van der Waals surface area contributed by atoms with E-state index in [1.807, 2.05) is 0 Å². The van der Waals surface area contributed by atoms with Gasteiger partial charge in [-0.1, -0.05) is 12.1 Å². The number of carbonyl (C=O) groups excluding carboxylic acids is 1. The Bertz CT molecular complexity index is 1540. The first-order valence-electron chi connectivity index (χ1n) is 11.8. The molecule has 0 bridgehead atoms. The Labute approximate surface area is 221 Å². The second kappa shape index (κ2) is 10.4. The molecule has 2 N–H and O–H groups in total. The first-order valence-corrected chi connectivity index (χ1v) is 11.8. The Morgan fingerprint density at radius 2 is 1.95 bits per heavy atom. The van der Waals surface area contributed by atoms with Gasteiger partial charge in [0, 0.05) is 37.1 Å². The minimum atomic E-state index is -0.893. The number of benzene rings is 1. The smallest absolute Gasteiger partial charge is 0.414 e. The Morgan fingerprint density at radius 3 is 2.68 bits per heavy atom. The number of cyclic esters (lactones) is 1. The highest BCUT2D eigenvalue weighted by Crippen LogP contribution is 2.30. The maximum Gasteiger partial charge on any atom is 0.414 e. The Kier molecular flexibility index (Phi) is 7.02. The van der Waals surface area contributed by atoms with Gasteiger partial charge in [0.15, 0.2) is 17.7 Å². The topological polar surface area (TPSA) is 125 Å². The summed E-state index contributed by atoms with van der Waals surface area (Å²) in [4.78, 5) is 41.1. The van der Waals surface area contributed by atoms with Crippen molar-refractivity contribution in [3.63, 3.8) is 0 Å². The molecule has 11 nitrogen and oxygen atoms in total. The van der Waals surface area contributed by atoms with Crippen LogP contribution in [0.2, 0.25) is 0 Å². The molecule has 1 amide bonds. The van der Waals surface area contributed by atoms with Gasteiger partial charge in [0.2, 0.25) is 0 Å². The van der Waals surface area contributed by atoms with E-state index in [4.69, 9.17) is 9.47 Å². The second-order valence-corrected chi connectivity index (χ2v) is 8.83. The average Bonchev–Trinajstić information content (AvgIpc) is 3.54. The van der Waals surface area contributed by atoms with Crippen LogP contribution in [0.3, 0.4) is 0 Å². The van der Waals surface area contributed by atoms with Gasteiger partial charge in [0.25, 0.3) is 5.56 Å². The molecule has 0 aliphatic carbocycles. The highest BCUT2D eigenvalue weighted by Gasteiger charge is 2.29. The third-order valence-corrected chi connectivity index (χ3v) is 6.39. The van der Waals surface area contributed by atoms with E-state index < -0.39 is 12.3 Å². The van der Waals surface area contributed by atoms with Crippen LogP contribution in [-0.2, 0) is 15.9 Å². The number of fused-ring (bicyclic) bond motifs is 1. The maximum absolute atomic E-state index is 13.3. The number of nitrogens with zero attached hydrogens (tertiary/aromatic N) is 5. The number of aromatic nitrogens is 4. The van der Waals surface area contributed by atoms with E-state index in [-0.39, 0.29) is 42.6 Å². The fraction of sp³-hybridized carbons (Fsp3) is 0.280. The minimum Gasteiger partial charge on any atom is -0.447 e. The van der Waals surface area contributed by atoms with Crippen LogP contribution in [-0.4, -0.2) is 69.7 Å². The van der Waals surface area contributed by atoms with Crippen molar-refractivity contribution in [3.8, 4) is 11.5 Å². The number of aromatic amines is 1. The first kappa shape index (κ1) is 25.6. The monoisotopic (exact) mass is 542 g/mol. The fourth-order valence-electron chi connectivity index (χ4n) is 4.55. The summed E-state index contributed by atoms with van der Waals surface area (Å²) in [6.07, 6.45) is 2.30. The van der Waals surface area contributed by atoms with Crippen molar-refractivity contribution in [2.75, 3.05) is 42.7 Å². The molecule has 2 aliphatic heterocycles. The summed E-state index contributed by atoms with van der Waals surface area (Å²) in [6.45, 7) is 1.47. The standard InChI is InChI=1S/C25H23FN6O5.ClH/c26-16-3-1-15(2-4-16)9-17-12-27-23(28-17)19-11-21(33)32-13-18(30-5-7-36-14-22(30)34)10-20(24(32)29-19)31-6-8-37-25(31)35;/h1-4,10-13,22,34H,5-9,14H2,(H,27,28);1H. The van der Waals surface area contributed by atoms with Gasteiger partial charge in [-0.25, -0.2) is 19.2 Å². The second-order valence-electron chi connectivity index (χ2n) is 8.83. The zero-order valence-corrected chi connectivity index (χ0v) is 20.9. The largest absolute Gasteiger partial charge is 0.447 e. The molecule has 0 radical (unpaired) electrons. The van der Waals surface area contributed by atoms with Gasteiger partial charge >= 0.3 is 6.09 Å². The van der Waals surface area contributed by atoms with Crippen LogP contribution in [0.4, 0.5) is 20.6 Å². The number of hydrogen-bond acceptors (Lipinski definition) is 8. The molecule has 2 aliphatic rings. The molecule has 1 aromatic carbocycles. The lowest BCUT2D eigenvalue weighted by Crippen LogP contribution is -2.45. The minimum absolute atomic E-state index is 0. The summed E-state index contributed by atoms with van der Waals surface area (Å²) in [5.74, 6) is 0.0817. The lowest BCUT2D eigenvalue weighted by molar-refractivity contribution is 0.00629. The summed E-state index contributed by atoms with van der Waals surface area (Å²) >= 11 is 0. The van der Waals surface area contributed by atoms with Crippen molar-refractivity contribution in [2.24, 2.45) is 0 Å². The summed E-state index contributed by atoms with van der Waals surface area (Å²) in [6, 6.07) is 9.26. The molecule has 13 heteroatoms. The summed E-state index contributed by atoms with van der Waals surface area (Å²) in [7, 11) is 0. The van der Waals surface area contributed by atoms with Gasteiger partial charge in [0.05, 0.1) is 31.1 Å². The molecule has 5 heterocycles. The Hall–Kier alpha value is -4.00. The molecule has 4 aromatic rings. The van der Waals surface area contributed by atoms with Crippen LogP contribution < -0.4 is 15.4 Å². The lowest BCUT2D eigenvalue weighted by Gasteiger charge is -2.34. The fourth-order valence-corrected chi connectivity index (χ4v) is 4.55. The van der Waals surface area contributed by atoms with Gasteiger partial charge in [-0.15, -0.1) is 12.4 Å². The predicted octanol–water partition coefficient (Wildman–Crippen LogP) is 2.35. The molecule has 6 rings (SSSR count). The molecule has 1 atom stereocenters. The molecule has 38 heavy (non-hydrogen) atoms. The molecular weight excluding hydrogens is 519 g/mol. The number of ether oxygens (including phenoxy) is 2. The molecule has 0 saturated carbocycles. The van der Waals surface area contributed by atoms with Crippen LogP contribution in [0.1, 0.15) is 11.3 Å². The van der Waals surface area contributed by atoms with E-state index in [1.54, 1.807) is 35.5 Å². The summed E-state index contributed by atoms with van der Waals surface area (Å²) in [5, 5.41) is 10.4. The number of morpholine rings is 1. The summed E-state index contributed by atoms with van der Waals surface area (Å²) < 4.78 is 25.0. The van der Waals surface area contributed by atoms with Crippen LogP contribution >= 0.6 is 12.4 Å². The van der Waals surface area contributed by atoms with Gasteiger partial charge in [-0.2, -0.15) is 0 Å². The molecule has 0 spiro atoms. The number of aliphatic hydroxyl groups excluding tert-OH is 1. The number of H-pyrrole nitrogens is 1. The van der Waals surface area contributed by atoms with Crippen LogP contribution in [0, 0.1) is 5.82 Å².